The number of benzene rings is 2. The van der Waals surface area contributed by atoms with Gasteiger partial charge < -0.3 is 5.11 Å². The summed E-state index contributed by atoms with van der Waals surface area (Å²) in [7, 11) is -3.97. The van der Waals surface area contributed by atoms with Crippen molar-refractivity contribution >= 4 is 37.6 Å². The van der Waals surface area contributed by atoms with Crippen LogP contribution in [0.4, 0.5) is 5.69 Å². The molecule has 0 spiro atoms. The minimum Gasteiger partial charge on any atom is -0.480 e. The number of carboxylic acids is 1. The lowest BCUT2D eigenvalue weighted by Crippen LogP contribution is -2.36. The van der Waals surface area contributed by atoms with Crippen LogP contribution in [0.3, 0.4) is 0 Å². The first kappa shape index (κ1) is 16.5. The zero-order valence-electron chi connectivity index (χ0n) is 11.7. The summed E-state index contributed by atoms with van der Waals surface area (Å²) >= 11 is 3.26. The maximum absolute atomic E-state index is 12.8. The van der Waals surface area contributed by atoms with Crippen molar-refractivity contribution in [2.45, 2.75) is 11.8 Å². The van der Waals surface area contributed by atoms with Gasteiger partial charge >= 0.3 is 5.97 Å². The lowest BCUT2D eigenvalue weighted by molar-refractivity contribution is -0.135. The molecule has 2 aromatic rings. The van der Waals surface area contributed by atoms with Gasteiger partial charge in [0.1, 0.15) is 6.54 Å². The Morgan fingerprint density at radius 1 is 1.14 bits per heavy atom. The van der Waals surface area contributed by atoms with Crippen molar-refractivity contribution in [2.24, 2.45) is 0 Å². The summed E-state index contributed by atoms with van der Waals surface area (Å²) in [5.74, 6) is -1.23. The molecule has 0 atom stereocenters. The van der Waals surface area contributed by atoms with Crippen LogP contribution in [0.15, 0.2) is 57.9 Å². The molecule has 22 heavy (non-hydrogen) atoms. The predicted octanol–water partition coefficient (Wildman–Crippen LogP) is 3.04. The van der Waals surface area contributed by atoms with Crippen LogP contribution in [0.1, 0.15) is 5.56 Å². The lowest BCUT2D eigenvalue weighted by Gasteiger charge is -2.23. The Morgan fingerprint density at radius 2 is 1.73 bits per heavy atom. The number of halogens is 1. The van der Waals surface area contributed by atoms with Crippen molar-refractivity contribution in [1.29, 1.82) is 0 Å². The van der Waals surface area contributed by atoms with E-state index < -0.39 is 22.5 Å². The fourth-order valence-corrected chi connectivity index (χ4v) is 3.96. The van der Waals surface area contributed by atoms with Crippen molar-refractivity contribution in [1.82, 2.24) is 0 Å². The van der Waals surface area contributed by atoms with E-state index in [1.54, 1.807) is 36.4 Å². The Labute approximate surface area is 137 Å². The van der Waals surface area contributed by atoms with Gasteiger partial charge in [-0.15, -0.1) is 0 Å². The smallest absolute Gasteiger partial charge is 0.324 e. The maximum Gasteiger partial charge on any atom is 0.324 e. The first-order valence-corrected chi connectivity index (χ1v) is 8.61. The highest BCUT2D eigenvalue weighted by molar-refractivity contribution is 9.10. The number of sulfonamides is 1. The number of hydrogen-bond donors (Lipinski definition) is 1. The molecule has 0 aliphatic rings. The normalized spacial score (nSPS) is 11.2. The quantitative estimate of drug-likeness (QED) is 0.860. The Kier molecular flexibility index (Phi) is 4.87. The average molecular weight is 384 g/mol. The van der Waals surface area contributed by atoms with Gasteiger partial charge in [0.05, 0.1) is 10.6 Å². The van der Waals surface area contributed by atoms with Crippen molar-refractivity contribution in [2.75, 3.05) is 10.8 Å². The summed E-state index contributed by atoms with van der Waals surface area (Å²) in [6.07, 6.45) is 0. The van der Waals surface area contributed by atoms with Gasteiger partial charge in [-0.05, 0) is 47.1 Å². The molecule has 0 saturated heterocycles. The molecule has 0 saturated carbocycles. The van der Waals surface area contributed by atoms with E-state index in [2.05, 4.69) is 15.9 Å². The summed E-state index contributed by atoms with van der Waals surface area (Å²) in [6, 6.07) is 12.9. The summed E-state index contributed by atoms with van der Waals surface area (Å²) in [4.78, 5) is 11.2. The van der Waals surface area contributed by atoms with Gasteiger partial charge in [-0.3, -0.25) is 9.10 Å². The first-order valence-electron chi connectivity index (χ1n) is 6.38. The molecule has 0 bridgehead atoms. The van der Waals surface area contributed by atoms with Gasteiger partial charge in [-0.1, -0.05) is 29.8 Å². The Bertz CT molecular complexity index is 787. The van der Waals surface area contributed by atoms with E-state index in [0.717, 1.165) is 9.87 Å². The van der Waals surface area contributed by atoms with Crippen LogP contribution in [0.2, 0.25) is 0 Å². The van der Waals surface area contributed by atoms with Crippen LogP contribution >= 0.6 is 15.9 Å². The molecule has 0 heterocycles. The minimum atomic E-state index is -3.97. The number of aliphatic carboxylic acids is 1. The van der Waals surface area contributed by atoms with Crippen LogP contribution in [0.25, 0.3) is 0 Å². The highest BCUT2D eigenvalue weighted by atomic mass is 79.9. The molecule has 0 aromatic heterocycles. The minimum absolute atomic E-state index is 0.0510. The lowest BCUT2D eigenvalue weighted by atomic mass is 10.2. The van der Waals surface area contributed by atoms with E-state index in [1.807, 2.05) is 6.92 Å². The largest absolute Gasteiger partial charge is 0.480 e. The topological polar surface area (TPSA) is 74.7 Å². The van der Waals surface area contributed by atoms with Crippen LogP contribution in [0.5, 0.6) is 0 Å². The molecule has 0 amide bonds. The third-order valence-electron chi connectivity index (χ3n) is 3.01. The van der Waals surface area contributed by atoms with Crippen molar-refractivity contribution in [3.05, 3.63) is 58.6 Å². The molecule has 1 N–H and O–H groups in total. The standard InChI is InChI=1S/C15H14BrNO4S/c1-11-6-8-12(9-7-11)22(20,21)17(10-15(18)19)14-5-3-2-4-13(14)16/h2-9H,10H2,1H3,(H,18,19). The van der Waals surface area contributed by atoms with Crippen molar-refractivity contribution < 1.29 is 18.3 Å². The predicted molar refractivity (Wildman–Crippen MR) is 87.5 cm³/mol. The van der Waals surface area contributed by atoms with E-state index in [1.165, 1.54) is 12.1 Å². The van der Waals surface area contributed by atoms with Crippen molar-refractivity contribution in [3.63, 3.8) is 0 Å². The van der Waals surface area contributed by atoms with Gasteiger partial charge in [-0.25, -0.2) is 8.42 Å². The van der Waals surface area contributed by atoms with Gasteiger partial charge in [0.25, 0.3) is 10.0 Å². The van der Waals surface area contributed by atoms with Gasteiger partial charge in [0, 0.05) is 4.47 Å². The molecular weight excluding hydrogens is 370 g/mol. The molecule has 0 aliphatic carbocycles. The van der Waals surface area contributed by atoms with Crippen LogP contribution < -0.4 is 4.31 Å². The number of rotatable bonds is 5. The van der Waals surface area contributed by atoms with E-state index in [0.29, 0.717) is 4.47 Å². The molecule has 0 unspecified atom stereocenters. The molecule has 116 valence electrons. The Balaban J connectivity index is 2.56. The summed E-state index contributed by atoms with van der Waals surface area (Å²) in [6.45, 7) is 1.19. The average Bonchev–Trinajstić information content (AvgIpc) is 2.46. The number of carbonyl (C=O) groups is 1. The Hall–Kier alpha value is -1.86. The van der Waals surface area contributed by atoms with E-state index in [-0.39, 0.29) is 10.6 Å². The molecule has 2 aromatic carbocycles. The van der Waals surface area contributed by atoms with E-state index >= 15 is 0 Å². The van der Waals surface area contributed by atoms with E-state index in [9.17, 15) is 13.2 Å². The summed E-state index contributed by atoms with van der Waals surface area (Å²) in [5.41, 5.74) is 1.20. The fourth-order valence-electron chi connectivity index (χ4n) is 1.91. The highest BCUT2D eigenvalue weighted by Crippen LogP contribution is 2.30. The number of hydrogen-bond acceptors (Lipinski definition) is 3. The molecule has 5 nitrogen and oxygen atoms in total. The molecule has 0 aliphatic heterocycles. The zero-order valence-corrected chi connectivity index (χ0v) is 14.1. The van der Waals surface area contributed by atoms with Crippen LogP contribution in [-0.4, -0.2) is 26.0 Å². The first-order chi connectivity index (χ1) is 10.3. The molecule has 0 fully saturated rings. The highest BCUT2D eigenvalue weighted by Gasteiger charge is 2.28. The van der Waals surface area contributed by atoms with Gasteiger partial charge in [0.2, 0.25) is 0 Å². The molecular formula is C15H14BrNO4S. The number of aryl methyl sites for hydroxylation is 1. The van der Waals surface area contributed by atoms with Gasteiger partial charge in [-0.2, -0.15) is 0 Å². The zero-order chi connectivity index (χ0) is 16.3. The Morgan fingerprint density at radius 3 is 2.27 bits per heavy atom. The SMILES string of the molecule is Cc1ccc(S(=O)(=O)N(CC(=O)O)c2ccccc2Br)cc1. The second-order valence-corrected chi connectivity index (χ2v) is 7.39. The number of para-hydroxylation sites is 1. The molecule has 2 rings (SSSR count). The number of nitrogens with zero attached hydrogens (tertiary/aromatic N) is 1. The number of carboxylic acid groups (broad SMARTS) is 1. The van der Waals surface area contributed by atoms with Crippen LogP contribution in [-0.2, 0) is 14.8 Å². The second-order valence-electron chi connectivity index (χ2n) is 4.67. The second kappa shape index (κ2) is 6.50. The monoisotopic (exact) mass is 383 g/mol. The van der Waals surface area contributed by atoms with Gasteiger partial charge in [0.15, 0.2) is 0 Å². The fraction of sp³-hybridized carbons (Fsp3) is 0.133. The maximum atomic E-state index is 12.8. The third-order valence-corrected chi connectivity index (χ3v) is 5.45. The van der Waals surface area contributed by atoms with Crippen molar-refractivity contribution in [3.8, 4) is 0 Å². The third kappa shape index (κ3) is 3.48. The number of anilines is 1. The van der Waals surface area contributed by atoms with Crippen LogP contribution in [0, 0.1) is 6.92 Å². The molecule has 7 heteroatoms. The summed E-state index contributed by atoms with van der Waals surface area (Å²) in [5, 5.41) is 9.07. The molecule has 0 radical (unpaired) electrons. The summed E-state index contributed by atoms with van der Waals surface area (Å²) < 4.78 is 26.9. The van der Waals surface area contributed by atoms with E-state index in [4.69, 9.17) is 5.11 Å².